The zero-order chi connectivity index (χ0) is 15.8. The molecule has 1 atom stereocenters. The van der Waals surface area contributed by atoms with Gasteiger partial charge < -0.3 is 14.2 Å². The first kappa shape index (κ1) is 16.4. The van der Waals surface area contributed by atoms with Crippen LogP contribution in [0.25, 0.3) is 0 Å². The van der Waals surface area contributed by atoms with E-state index in [4.69, 9.17) is 14.2 Å². The Kier molecular flexibility index (Phi) is 6.31. The predicted molar refractivity (Wildman–Crippen MR) is 85.3 cm³/mol. The van der Waals surface area contributed by atoms with E-state index in [1.165, 1.54) is 0 Å². The van der Waals surface area contributed by atoms with Crippen LogP contribution in [0.2, 0.25) is 0 Å². The SMILES string of the molecule is COc1cc(CCC(=O)OCC2CC=CCC2)cc(OC)c1. The summed E-state index contributed by atoms with van der Waals surface area (Å²) in [5.74, 6) is 1.80. The van der Waals surface area contributed by atoms with E-state index in [0.29, 0.717) is 25.4 Å². The number of hydrogen-bond acceptors (Lipinski definition) is 4. The molecule has 1 aliphatic carbocycles. The highest BCUT2D eigenvalue weighted by Crippen LogP contribution is 2.23. The van der Waals surface area contributed by atoms with Crippen LogP contribution in [0.1, 0.15) is 31.2 Å². The number of methoxy groups -OCH3 is 2. The number of esters is 1. The van der Waals surface area contributed by atoms with Crippen molar-refractivity contribution in [2.75, 3.05) is 20.8 Å². The summed E-state index contributed by atoms with van der Waals surface area (Å²) in [6.07, 6.45) is 8.57. The standard InChI is InChI=1S/C18H24O4/c1-20-16-10-15(11-17(12-16)21-2)8-9-18(19)22-13-14-6-4-3-5-7-14/h3-4,10-12,14H,5-9,13H2,1-2H3. The van der Waals surface area contributed by atoms with Crippen LogP contribution in [0.5, 0.6) is 11.5 Å². The van der Waals surface area contributed by atoms with Crippen LogP contribution in [-0.2, 0) is 16.0 Å². The zero-order valence-electron chi connectivity index (χ0n) is 13.3. The van der Waals surface area contributed by atoms with Gasteiger partial charge in [0.15, 0.2) is 0 Å². The fraction of sp³-hybridized carbons (Fsp3) is 0.500. The number of aryl methyl sites for hydroxylation is 1. The molecule has 1 aromatic carbocycles. The lowest BCUT2D eigenvalue weighted by molar-refractivity contribution is -0.145. The Balaban J connectivity index is 1.79. The minimum Gasteiger partial charge on any atom is -0.497 e. The smallest absolute Gasteiger partial charge is 0.306 e. The number of ether oxygens (including phenoxy) is 3. The molecule has 0 saturated carbocycles. The van der Waals surface area contributed by atoms with Gasteiger partial charge in [0.05, 0.1) is 20.8 Å². The van der Waals surface area contributed by atoms with Crippen molar-refractivity contribution < 1.29 is 19.0 Å². The Bertz CT molecular complexity index is 500. The molecule has 4 nitrogen and oxygen atoms in total. The zero-order valence-corrected chi connectivity index (χ0v) is 13.3. The molecule has 0 fully saturated rings. The van der Waals surface area contributed by atoms with Crippen LogP contribution >= 0.6 is 0 Å². The largest absolute Gasteiger partial charge is 0.497 e. The second-order valence-electron chi connectivity index (χ2n) is 5.55. The molecule has 1 aliphatic rings. The van der Waals surface area contributed by atoms with Gasteiger partial charge in [-0.3, -0.25) is 4.79 Å². The molecule has 4 heteroatoms. The molecule has 0 aromatic heterocycles. The van der Waals surface area contributed by atoms with Gasteiger partial charge in [0.1, 0.15) is 11.5 Å². The van der Waals surface area contributed by atoms with Crippen molar-refractivity contribution in [3.05, 3.63) is 35.9 Å². The predicted octanol–water partition coefficient (Wildman–Crippen LogP) is 3.54. The van der Waals surface area contributed by atoms with Crippen LogP contribution in [-0.4, -0.2) is 26.8 Å². The van der Waals surface area contributed by atoms with Crippen molar-refractivity contribution in [3.63, 3.8) is 0 Å². The van der Waals surface area contributed by atoms with Gasteiger partial charge in [-0.1, -0.05) is 12.2 Å². The Morgan fingerprint density at radius 1 is 1.14 bits per heavy atom. The summed E-state index contributed by atoms with van der Waals surface area (Å²) in [4.78, 5) is 11.9. The van der Waals surface area contributed by atoms with Gasteiger partial charge in [0.2, 0.25) is 0 Å². The van der Waals surface area contributed by atoms with Crippen molar-refractivity contribution in [1.29, 1.82) is 0 Å². The van der Waals surface area contributed by atoms with Gasteiger partial charge in [0.25, 0.3) is 0 Å². The summed E-state index contributed by atoms with van der Waals surface area (Å²) in [5, 5.41) is 0. The molecule has 0 aliphatic heterocycles. The molecule has 1 aromatic rings. The number of benzene rings is 1. The first-order valence-corrected chi connectivity index (χ1v) is 7.74. The number of carbonyl (C=O) groups excluding carboxylic acids is 1. The summed E-state index contributed by atoms with van der Waals surface area (Å²) in [5.41, 5.74) is 1.01. The second kappa shape index (κ2) is 8.47. The number of carbonyl (C=O) groups is 1. The van der Waals surface area contributed by atoms with Crippen LogP contribution in [0.15, 0.2) is 30.4 Å². The van der Waals surface area contributed by atoms with E-state index in [2.05, 4.69) is 12.2 Å². The molecule has 0 N–H and O–H groups in total. The molecular weight excluding hydrogens is 280 g/mol. The van der Waals surface area contributed by atoms with Gasteiger partial charge >= 0.3 is 5.97 Å². The highest BCUT2D eigenvalue weighted by molar-refractivity contribution is 5.69. The van der Waals surface area contributed by atoms with Crippen LogP contribution in [0, 0.1) is 5.92 Å². The van der Waals surface area contributed by atoms with Crippen molar-refractivity contribution in [2.24, 2.45) is 5.92 Å². The molecular formula is C18H24O4. The van der Waals surface area contributed by atoms with Crippen molar-refractivity contribution >= 4 is 5.97 Å². The third kappa shape index (κ3) is 5.10. The topological polar surface area (TPSA) is 44.8 Å². The van der Waals surface area contributed by atoms with Gasteiger partial charge in [-0.15, -0.1) is 0 Å². The first-order chi connectivity index (χ1) is 10.7. The lowest BCUT2D eigenvalue weighted by Crippen LogP contribution is -2.15. The van der Waals surface area contributed by atoms with Crippen molar-refractivity contribution in [1.82, 2.24) is 0 Å². The number of rotatable bonds is 7. The quantitative estimate of drug-likeness (QED) is 0.571. The maximum atomic E-state index is 11.9. The molecule has 1 unspecified atom stereocenters. The Hall–Kier alpha value is -1.97. The molecule has 0 spiro atoms. The highest BCUT2D eigenvalue weighted by atomic mass is 16.5. The molecule has 0 bridgehead atoms. The van der Waals surface area contributed by atoms with Crippen LogP contribution in [0.4, 0.5) is 0 Å². The normalized spacial score (nSPS) is 17.1. The van der Waals surface area contributed by atoms with Gasteiger partial charge in [-0.2, -0.15) is 0 Å². The minimum atomic E-state index is -0.142. The molecule has 2 rings (SSSR count). The van der Waals surface area contributed by atoms with E-state index < -0.39 is 0 Å². The average Bonchev–Trinajstić information content (AvgIpc) is 2.58. The highest BCUT2D eigenvalue weighted by Gasteiger charge is 2.13. The van der Waals surface area contributed by atoms with E-state index in [0.717, 1.165) is 36.3 Å². The number of allylic oxidation sites excluding steroid dienone is 2. The van der Waals surface area contributed by atoms with E-state index in [-0.39, 0.29) is 5.97 Å². The minimum absolute atomic E-state index is 0.142. The fourth-order valence-electron chi connectivity index (χ4n) is 2.55. The van der Waals surface area contributed by atoms with E-state index in [9.17, 15) is 4.79 Å². The third-order valence-corrected chi connectivity index (χ3v) is 3.89. The van der Waals surface area contributed by atoms with Gasteiger partial charge in [-0.25, -0.2) is 0 Å². The second-order valence-corrected chi connectivity index (χ2v) is 5.55. The van der Waals surface area contributed by atoms with Crippen molar-refractivity contribution in [2.45, 2.75) is 32.1 Å². The molecule has 0 saturated heterocycles. The summed E-state index contributed by atoms with van der Waals surface area (Å²) in [6.45, 7) is 0.532. The van der Waals surface area contributed by atoms with Crippen molar-refractivity contribution in [3.8, 4) is 11.5 Å². The fourth-order valence-corrected chi connectivity index (χ4v) is 2.55. The summed E-state index contributed by atoms with van der Waals surface area (Å²) in [7, 11) is 3.23. The maximum absolute atomic E-state index is 11.9. The first-order valence-electron chi connectivity index (χ1n) is 7.74. The van der Waals surface area contributed by atoms with Crippen LogP contribution in [0.3, 0.4) is 0 Å². The Morgan fingerprint density at radius 2 is 1.86 bits per heavy atom. The number of hydrogen-bond donors (Lipinski definition) is 0. The molecule has 0 radical (unpaired) electrons. The summed E-state index contributed by atoms with van der Waals surface area (Å²) < 4.78 is 15.8. The molecule has 120 valence electrons. The molecule has 0 amide bonds. The van der Waals surface area contributed by atoms with Crippen LogP contribution < -0.4 is 9.47 Å². The average molecular weight is 304 g/mol. The lowest BCUT2D eigenvalue weighted by atomic mass is 9.95. The van der Waals surface area contributed by atoms with Gasteiger partial charge in [0, 0.05) is 12.5 Å². The van der Waals surface area contributed by atoms with E-state index >= 15 is 0 Å². The summed E-state index contributed by atoms with van der Waals surface area (Å²) >= 11 is 0. The summed E-state index contributed by atoms with van der Waals surface area (Å²) in [6, 6.07) is 5.65. The Morgan fingerprint density at radius 3 is 2.45 bits per heavy atom. The third-order valence-electron chi connectivity index (χ3n) is 3.89. The molecule has 22 heavy (non-hydrogen) atoms. The molecule has 0 heterocycles. The monoisotopic (exact) mass is 304 g/mol. The van der Waals surface area contributed by atoms with E-state index in [1.54, 1.807) is 14.2 Å². The van der Waals surface area contributed by atoms with Gasteiger partial charge in [-0.05, 0) is 49.3 Å². The maximum Gasteiger partial charge on any atom is 0.306 e. The van der Waals surface area contributed by atoms with E-state index in [1.807, 2.05) is 18.2 Å². The Labute approximate surface area is 132 Å². The lowest BCUT2D eigenvalue weighted by Gasteiger charge is -2.17.